The Morgan fingerprint density at radius 1 is 0.662 bits per heavy atom. The number of thiol groups is 2. The van der Waals surface area contributed by atoms with Crippen LogP contribution in [0.1, 0.15) is 38.4 Å². The smallest absolute Gasteiger partial charge is 0.327 e. The maximum absolute atomic E-state index is 14.3. The molecule has 0 saturated heterocycles. The summed E-state index contributed by atoms with van der Waals surface area (Å²) in [5.41, 5.74) is 7.38. The molecule has 28 heteroatoms. The molecule has 0 aliphatic rings. The van der Waals surface area contributed by atoms with Gasteiger partial charge in [-0.15, -0.1) is 0 Å². The zero-order valence-electron chi connectivity index (χ0n) is 39.3. The molecule has 0 spiro atoms. The van der Waals surface area contributed by atoms with Gasteiger partial charge in [-0.3, -0.25) is 38.4 Å². The Labute approximate surface area is 423 Å². The number of aromatic amines is 2. The van der Waals surface area contributed by atoms with Crippen LogP contribution in [0.3, 0.4) is 0 Å². The zero-order chi connectivity index (χ0) is 52.9. The number of nitrogens with zero attached hydrogens (tertiary/aromatic N) is 1. The van der Waals surface area contributed by atoms with Crippen LogP contribution in [0.5, 0.6) is 0 Å². The van der Waals surface area contributed by atoms with Crippen LogP contribution in [-0.4, -0.2) is 186 Å². The largest absolute Gasteiger partial charge is 0.480 e. The number of fused-ring (bicyclic) bond motifs is 1. The number of nitrogens with two attached hydrogens (primary N) is 1. The van der Waals surface area contributed by atoms with E-state index < -0.39 is 133 Å². The fourth-order valence-corrected chi connectivity index (χ4v) is 7.67. The predicted molar refractivity (Wildman–Crippen MR) is 267 cm³/mol. The second-order valence-corrected chi connectivity index (χ2v) is 18.3. The van der Waals surface area contributed by atoms with Crippen LogP contribution in [0, 0.1) is 5.92 Å². The second-order valence-electron chi connectivity index (χ2n) is 16.6. The topological polar surface area (TPSA) is 401 Å². The average molecular weight is 1050 g/mol. The van der Waals surface area contributed by atoms with Crippen LogP contribution in [-0.2, 0) is 56.0 Å². The van der Waals surface area contributed by atoms with Gasteiger partial charge >= 0.3 is 5.97 Å². The van der Waals surface area contributed by atoms with E-state index in [9.17, 15) is 63.6 Å². The van der Waals surface area contributed by atoms with Gasteiger partial charge in [0.2, 0.25) is 47.3 Å². The van der Waals surface area contributed by atoms with E-state index in [1.54, 1.807) is 50.6 Å². The number of aromatic nitrogens is 3. The van der Waals surface area contributed by atoms with Gasteiger partial charge in [0, 0.05) is 53.3 Å². The molecule has 2 heterocycles. The average Bonchev–Trinajstić information content (AvgIpc) is 4.02. The van der Waals surface area contributed by atoms with Crippen molar-refractivity contribution in [2.45, 2.75) is 101 Å². The molecule has 0 bridgehead atoms. The van der Waals surface area contributed by atoms with Crippen molar-refractivity contribution in [2.75, 3.05) is 36.7 Å². The molecular weight excluding hydrogens is 989 g/mol. The lowest BCUT2D eigenvalue weighted by Crippen LogP contribution is -2.63. The molecule has 0 saturated carbocycles. The summed E-state index contributed by atoms with van der Waals surface area (Å²) < 4.78 is 0. The Hall–Kier alpha value is -5.91. The fraction of sp³-hybridized carbons (Fsp3) is 0.535. The number of rotatable bonds is 30. The Kier molecular flexibility index (Phi) is 24.6. The lowest BCUT2D eigenvalue weighted by Gasteiger charge is -2.29. The molecule has 3 aromatic rings. The van der Waals surface area contributed by atoms with Gasteiger partial charge in [-0.2, -0.15) is 37.0 Å². The third kappa shape index (κ3) is 18.0. The van der Waals surface area contributed by atoms with Crippen molar-refractivity contribution in [3.8, 4) is 0 Å². The molecular formula is C43H64N12O13S3. The standard InChI is InChI=1S/C43H64N12O13S3/c1-20(2)33(54-35(59)25(44)17-69)41(65)48-27(9-10-71-4)36(60)49-28(11-22-13-46-26-8-6-5-7-24(22)26)38(62)55-34(21(3)58)42(66)52-31(16-57)39(63)50-29(12-23-14-45-19-47-23)37(61)51-30(15-56)40(64)53-32(18-70)43(67)68/h5-8,13-14,19-21,25,27-34,46,56-58,69-70H,9-12,15-18,44H2,1-4H3,(H,45,47)(H,48,65)(H,49,60)(H,50,63)(H,51,61)(H,52,66)(H,53,64)(H,54,59)(H,55,62)(H,67,68)/t21-,25+,27+,28+,29+,30+,31+,32+,33+,34+/m1/s1. The summed E-state index contributed by atoms with van der Waals surface area (Å²) in [6.07, 6.45) is 3.92. The van der Waals surface area contributed by atoms with Crippen LogP contribution >= 0.6 is 37.0 Å². The van der Waals surface area contributed by atoms with Crippen LogP contribution in [0.15, 0.2) is 43.0 Å². The summed E-state index contributed by atoms with van der Waals surface area (Å²) in [6.45, 7) is 2.45. The number of para-hydroxylation sites is 1. The molecule has 8 amide bonds. The summed E-state index contributed by atoms with van der Waals surface area (Å²) in [6, 6.07) is -6.14. The lowest BCUT2D eigenvalue weighted by molar-refractivity contribution is -0.142. The highest BCUT2D eigenvalue weighted by molar-refractivity contribution is 7.98. The van der Waals surface area contributed by atoms with Crippen molar-refractivity contribution >= 4 is 101 Å². The van der Waals surface area contributed by atoms with Gasteiger partial charge in [0.15, 0.2) is 0 Å². The number of thioether (sulfide) groups is 1. The summed E-state index contributed by atoms with van der Waals surface area (Å²) in [7, 11) is 0. The van der Waals surface area contributed by atoms with E-state index in [2.05, 4.69) is 82.7 Å². The summed E-state index contributed by atoms with van der Waals surface area (Å²) >= 11 is 9.30. The first kappa shape index (κ1) is 59.4. The number of carboxylic acid groups (broad SMARTS) is 1. The summed E-state index contributed by atoms with van der Waals surface area (Å²) in [5, 5.41) is 60.4. The van der Waals surface area contributed by atoms with E-state index >= 15 is 0 Å². The van der Waals surface area contributed by atoms with Crippen molar-refractivity contribution in [3.63, 3.8) is 0 Å². The number of aliphatic carboxylic acids is 1. The van der Waals surface area contributed by atoms with E-state index in [4.69, 9.17) is 5.73 Å². The molecule has 2 aromatic heterocycles. The highest BCUT2D eigenvalue weighted by Gasteiger charge is 2.37. The minimum Gasteiger partial charge on any atom is -0.480 e. The first-order chi connectivity index (χ1) is 33.7. The van der Waals surface area contributed by atoms with Crippen molar-refractivity contribution in [1.82, 2.24) is 57.5 Å². The molecule has 1 aromatic carbocycles. The van der Waals surface area contributed by atoms with E-state index in [1.165, 1.54) is 24.3 Å². The number of nitrogens with one attached hydrogen (secondary N) is 10. The van der Waals surface area contributed by atoms with E-state index in [0.717, 1.165) is 6.92 Å². The normalized spacial score (nSPS) is 15.5. The van der Waals surface area contributed by atoms with Crippen molar-refractivity contribution in [1.29, 1.82) is 0 Å². The van der Waals surface area contributed by atoms with Gasteiger partial charge in [0.25, 0.3) is 0 Å². The van der Waals surface area contributed by atoms with E-state index in [0.29, 0.717) is 27.9 Å². The minimum atomic E-state index is -1.84. The number of H-pyrrole nitrogens is 2. The molecule has 71 heavy (non-hydrogen) atoms. The number of carboxylic acids is 1. The van der Waals surface area contributed by atoms with Crippen LogP contribution < -0.4 is 48.3 Å². The van der Waals surface area contributed by atoms with Crippen LogP contribution in [0.25, 0.3) is 10.9 Å². The number of carbonyl (C=O) groups excluding carboxylic acids is 8. The minimum absolute atomic E-state index is 0.00879. The molecule has 0 radical (unpaired) electrons. The Balaban J connectivity index is 1.88. The van der Waals surface area contributed by atoms with Crippen molar-refractivity contribution < 1.29 is 63.6 Å². The number of carbonyl (C=O) groups is 9. The Morgan fingerprint density at radius 3 is 1.70 bits per heavy atom. The highest BCUT2D eigenvalue weighted by Crippen LogP contribution is 2.20. The number of hydrogen-bond acceptors (Lipinski definition) is 17. The number of benzene rings is 1. The highest BCUT2D eigenvalue weighted by atomic mass is 32.2. The van der Waals surface area contributed by atoms with Gasteiger partial charge in [0.1, 0.15) is 48.3 Å². The molecule has 0 fully saturated rings. The number of amides is 8. The zero-order valence-corrected chi connectivity index (χ0v) is 41.9. The third-order valence-corrected chi connectivity index (χ3v) is 12.3. The second kappa shape index (κ2) is 29.4. The number of aliphatic hydroxyl groups is 3. The Bertz CT molecular complexity index is 2290. The molecule has 0 aliphatic carbocycles. The molecule has 10 atom stereocenters. The van der Waals surface area contributed by atoms with Gasteiger partial charge in [-0.25, -0.2) is 9.78 Å². The molecule has 0 aliphatic heterocycles. The molecule has 3 rings (SSSR count). The molecule has 0 unspecified atom stereocenters. The summed E-state index contributed by atoms with van der Waals surface area (Å²) in [5.74, 6) is -9.41. The predicted octanol–water partition coefficient (Wildman–Crippen LogP) is -4.40. The molecule has 16 N–H and O–H groups in total. The monoisotopic (exact) mass is 1050 g/mol. The SMILES string of the molecule is CSCC[C@H](NC(=O)[C@@H](NC(=O)[C@@H](N)CS)C(C)C)C(=O)N[C@@H](Cc1c[nH]c2ccccc12)C(=O)N[C@H](C(=O)N[C@@H](CO)C(=O)N[C@@H](Cc1cnc[nH]1)C(=O)N[C@@H](CO)C(=O)N[C@@H](CS)C(=O)O)[C@@H](C)O. The van der Waals surface area contributed by atoms with E-state index in [-0.39, 0.29) is 30.8 Å². The first-order valence-corrected chi connectivity index (χ1v) is 24.9. The van der Waals surface area contributed by atoms with Gasteiger partial charge < -0.3 is 78.7 Å². The van der Waals surface area contributed by atoms with Crippen molar-refractivity contribution in [2.24, 2.45) is 11.7 Å². The van der Waals surface area contributed by atoms with E-state index in [1.807, 2.05) is 0 Å². The maximum Gasteiger partial charge on any atom is 0.327 e. The number of imidazole rings is 1. The first-order valence-electron chi connectivity index (χ1n) is 22.2. The fourth-order valence-electron chi connectivity index (χ4n) is 6.78. The van der Waals surface area contributed by atoms with Crippen LogP contribution in [0.4, 0.5) is 0 Å². The number of hydrogen-bond donors (Lipinski definition) is 17. The van der Waals surface area contributed by atoms with Gasteiger partial charge in [-0.05, 0) is 42.9 Å². The third-order valence-electron chi connectivity index (χ3n) is 10.9. The molecule has 25 nitrogen and oxygen atoms in total. The number of aliphatic hydroxyl groups excluding tert-OH is 3. The van der Waals surface area contributed by atoms with Crippen LogP contribution in [0.2, 0.25) is 0 Å². The summed E-state index contributed by atoms with van der Waals surface area (Å²) in [4.78, 5) is 130. The van der Waals surface area contributed by atoms with Crippen molar-refractivity contribution in [3.05, 3.63) is 54.2 Å². The lowest BCUT2D eigenvalue weighted by atomic mass is 10.0. The van der Waals surface area contributed by atoms with Gasteiger partial charge in [0.05, 0.1) is 31.7 Å². The molecule has 392 valence electrons. The quantitative estimate of drug-likeness (QED) is 0.0280. The maximum atomic E-state index is 14.3. The Morgan fingerprint density at radius 2 is 1.17 bits per heavy atom. The van der Waals surface area contributed by atoms with Gasteiger partial charge in [-0.1, -0.05) is 32.0 Å².